The number of aromatic nitrogens is 2. The van der Waals surface area contributed by atoms with Gasteiger partial charge in [-0.1, -0.05) is 17.8 Å². The Labute approximate surface area is 104 Å². The number of hydrogen-bond donors (Lipinski definition) is 0. The molecule has 0 saturated carbocycles. The third-order valence-corrected chi connectivity index (χ3v) is 3.63. The van der Waals surface area contributed by atoms with Gasteiger partial charge in [0, 0.05) is 5.69 Å². The Balaban J connectivity index is 2.37. The van der Waals surface area contributed by atoms with Crippen molar-refractivity contribution in [2.75, 3.05) is 12.9 Å². The lowest BCUT2D eigenvalue weighted by atomic mass is 10.4. The van der Waals surface area contributed by atoms with Gasteiger partial charge in [-0.3, -0.25) is 9.20 Å². The van der Waals surface area contributed by atoms with E-state index in [0.717, 1.165) is 22.1 Å². The highest BCUT2D eigenvalue weighted by molar-refractivity contribution is 7.99. The molecular formula is C12H14N2O2S. The zero-order valence-corrected chi connectivity index (χ0v) is 10.9. The highest BCUT2D eigenvalue weighted by Gasteiger charge is 2.10. The normalized spacial score (nSPS) is 10.8. The van der Waals surface area contributed by atoms with Gasteiger partial charge in [-0.05, 0) is 26.0 Å². The first-order chi connectivity index (χ1) is 8.13. The van der Waals surface area contributed by atoms with E-state index in [9.17, 15) is 4.79 Å². The number of carbonyl (C=O) groups is 1. The zero-order valence-electron chi connectivity index (χ0n) is 10.1. The smallest absolute Gasteiger partial charge is 0.316 e. The van der Waals surface area contributed by atoms with Crippen molar-refractivity contribution in [3.8, 4) is 0 Å². The molecule has 17 heavy (non-hydrogen) atoms. The van der Waals surface area contributed by atoms with E-state index in [1.807, 2.05) is 32.0 Å². The van der Waals surface area contributed by atoms with Crippen LogP contribution in [0.1, 0.15) is 11.4 Å². The van der Waals surface area contributed by atoms with E-state index < -0.39 is 0 Å². The molecule has 0 radical (unpaired) electrons. The second-order valence-corrected chi connectivity index (χ2v) is 4.70. The molecule has 0 aliphatic carbocycles. The molecule has 0 amide bonds. The molecule has 0 spiro atoms. The molecule has 2 heterocycles. The van der Waals surface area contributed by atoms with Crippen LogP contribution in [-0.2, 0) is 9.53 Å². The zero-order chi connectivity index (χ0) is 12.4. The lowest BCUT2D eigenvalue weighted by Gasteiger charge is -2.05. The Hall–Kier alpha value is -1.49. The minimum Gasteiger partial charge on any atom is -0.468 e. The monoisotopic (exact) mass is 250 g/mol. The predicted molar refractivity (Wildman–Crippen MR) is 67.4 cm³/mol. The standard InChI is InChI=1S/C12H14N2O2S/c1-8-9(2)14-10(13-8)5-4-6-11(14)17-7-12(15)16-3/h4-6H,7H2,1-3H3. The van der Waals surface area contributed by atoms with Crippen LogP contribution in [0.25, 0.3) is 5.65 Å². The number of ether oxygens (including phenoxy) is 1. The van der Waals surface area contributed by atoms with Crippen LogP contribution in [0.3, 0.4) is 0 Å². The van der Waals surface area contributed by atoms with Crippen LogP contribution >= 0.6 is 11.8 Å². The Morgan fingerprint density at radius 2 is 2.24 bits per heavy atom. The SMILES string of the molecule is COC(=O)CSc1cccc2nc(C)c(C)n12. The summed E-state index contributed by atoms with van der Waals surface area (Å²) in [5.74, 6) is 0.0909. The van der Waals surface area contributed by atoms with E-state index in [2.05, 4.69) is 14.1 Å². The van der Waals surface area contributed by atoms with Gasteiger partial charge in [-0.25, -0.2) is 4.98 Å². The van der Waals surface area contributed by atoms with Crippen molar-refractivity contribution in [3.05, 3.63) is 29.6 Å². The number of nitrogens with zero attached hydrogens (tertiary/aromatic N) is 2. The lowest BCUT2D eigenvalue weighted by molar-refractivity contribution is -0.137. The topological polar surface area (TPSA) is 43.6 Å². The van der Waals surface area contributed by atoms with Crippen molar-refractivity contribution < 1.29 is 9.53 Å². The summed E-state index contributed by atoms with van der Waals surface area (Å²) in [4.78, 5) is 15.6. The molecule has 2 rings (SSSR count). The number of thioether (sulfide) groups is 1. The number of imidazole rings is 1. The molecule has 0 atom stereocenters. The van der Waals surface area contributed by atoms with E-state index in [4.69, 9.17) is 0 Å². The summed E-state index contributed by atoms with van der Waals surface area (Å²) in [6, 6.07) is 5.89. The Morgan fingerprint density at radius 1 is 1.47 bits per heavy atom. The maximum absolute atomic E-state index is 11.1. The highest BCUT2D eigenvalue weighted by atomic mass is 32.2. The average Bonchev–Trinajstić information content (AvgIpc) is 2.63. The van der Waals surface area contributed by atoms with Gasteiger partial charge in [0.25, 0.3) is 0 Å². The van der Waals surface area contributed by atoms with Crippen LogP contribution < -0.4 is 0 Å². The molecule has 0 aliphatic rings. The molecule has 5 heteroatoms. The van der Waals surface area contributed by atoms with Gasteiger partial charge in [0.15, 0.2) is 0 Å². The summed E-state index contributed by atoms with van der Waals surface area (Å²) in [5, 5.41) is 1.01. The van der Waals surface area contributed by atoms with Gasteiger partial charge in [-0.2, -0.15) is 0 Å². The number of methoxy groups -OCH3 is 1. The number of esters is 1. The first-order valence-corrected chi connectivity index (χ1v) is 6.26. The van der Waals surface area contributed by atoms with Crippen LogP contribution in [0.15, 0.2) is 23.2 Å². The Bertz CT molecular complexity index is 563. The quantitative estimate of drug-likeness (QED) is 0.619. The second kappa shape index (κ2) is 4.79. The molecule has 2 aromatic rings. The first kappa shape index (κ1) is 12.0. The molecule has 0 N–H and O–H groups in total. The number of fused-ring (bicyclic) bond motifs is 1. The number of hydrogen-bond acceptors (Lipinski definition) is 4. The maximum atomic E-state index is 11.1. The van der Waals surface area contributed by atoms with Crippen molar-refractivity contribution in [3.63, 3.8) is 0 Å². The van der Waals surface area contributed by atoms with Crippen molar-refractivity contribution in [2.24, 2.45) is 0 Å². The van der Waals surface area contributed by atoms with Crippen LogP contribution in [0.4, 0.5) is 0 Å². The molecule has 0 fully saturated rings. The van der Waals surface area contributed by atoms with Gasteiger partial charge < -0.3 is 4.74 Å². The lowest BCUT2D eigenvalue weighted by Crippen LogP contribution is -2.04. The summed E-state index contributed by atoms with van der Waals surface area (Å²) >= 11 is 1.46. The fraction of sp³-hybridized carbons (Fsp3) is 0.333. The minimum absolute atomic E-state index is 0.221. The molecule has 0 saturated heterocycles. The van der Waals surface area contributed by atoms with Crippen LogP contribution in [-0.4, -0.2) is 28.2 Å². The average molecular weight is 250 g/mol. The van der Waals surface area contributed by atoms with E-state index in [0.29, 0.717) is 5.75 Å². The number of aryl methyl sites for hydroxylation is 2. The molecule has 90 valence electrons. The Morgan fingerprint density at radius 3 is 2.94 bits per heavy atom. The Kier molecular flexibility index (Phi) is 3.38. The van der Waals surface area contributed by atoms with Gasteiger partial charge in [0.05, 0.1) is 23.6 Å². The summed E-state index contributed by atoms with van der Waals surface area (Å²) in [6.07, 6.45) is 0. The number of carbonyl (C=O) groups excluding carboxylic acids is 1. The number of pyridine rings is 1. The summed E-state index contributed by atoms with van der Waals surface area (Å²) < 4.78 is 6.69. The highest BCUT2D eigenvalue weighted by Crippen LogP contribution is 2.22. The fourth-order valence-electron chi connectivity index (χ4n) is 1.62. The molecule has 2 aromatic heterocycles. The summed E-state index contributed by atoms with van der Waals surface area (Å²) in [6.45, 7) is 4.01. The van der Waals surface area contributed by atoms with E-state index in [1.165, 1.54) is 18.9 Å². The summed E-state index contributed by atoms with van der Waals surface area (Å²) in [5.41, 5.74) is 3.03. The van der Waals surface area contributed by atoms with E-state index in [-0.39, 0.29) is 5.97 Å². The van der Waals surface area contributed by atoms with Crippen molar-refractivity contribution in [1.29, 1.82) is 0 Å². The third kappa shape index (κ3) is 2.29. The van der Waals surface area contributed by atoms with Crippen molar-refractivity contribution >= 4 is 23.4 Å². The van der Waals surface area contributed by atoms with Crippen molar-refractivity contribution in [1.82, 2.24) is 9.38 Å². The predicted octanol–water partition coefficient (Wildman–Crippen LogP) is 2.22. The van der Waals surface area contributed by atoms with Crippen LogP contribution in [0.2, 0.25) is 0 Å². The van der Waals surface area contributed by atoms with E-state index in [1.54, 1.807) is 0 Å². The van der Waals surface area contributed by atoms with Gasteiger partial charge >= 0.3 is 5.97 Å². The molecule has 0 unspecified atom stereocenters. The van der Waals surface area contributed by atoms with Gasteiger partial charge in [0.2, 0.25) is 0 Å². The summed E-state index contributed by atoms with van der Waals surface area (Å²) in [7, 11) is 1.40. The molecular weight excluding hydrogens is 236 g/mol. The van der Waals surface area contributed by atoms with Crippen LogP contribution in [0, 0.1) is 13.8 Å². The minimum atomic E-state index is -0.221. The number of rotatable bonds is 3. The van der Waals surface area contributed by atoms with Crippen molar-refractivity contribution in [2.45, 2.75) is 18.9 Å². The van der Waals surface area contributed by atoms with Gasteiger partial charge in [-0.15, -0.1) is 0 Å². The molecule has 0 aromatic carbocycles. The van der Waals surface area contributed by atoms with E-state index >= 15 is 0 Å². The maximum Gasteiger partial charge on any atom is 0.316 e. The molecule has 4 nitrogen and oxygen atoms in total. The molecule has 0 aliphatic heterocycles. The third-order valence-electron chi connectivity index (χ3n) is 2.64. The van der Waals surface area contributed by atoms with Crippen LogP contribution in [0.5, 0.6) is 0 Å². The molecule has 0 bridgehead atoms. The van der Waals surface area contributed by atoms with Gasteiger partial charge in [0.1, 0.15) is 5.65 Å². The first-order valence-electron chi connectivity index (χ1n) is 5.27. The second-order valence-electron chi connectivity index (χ2n) is 3.71. The largest absolute Gasteiger partial charge is 0.468 e. The fourth-order valence-corrected chi connectivity index (χ4v) is 2.54.